The van der Waals surface area contributed by atoms with E-state index in [9.17, 15) is 5.26 Å². The summed E-state index contributed by atoms with van der Waals surface area (Å²) in [5, 5.41) is 21.3. The fraction of sp³-hybridized carbons (Fsp3) is 0.276. The van der Waals surface area contributed by atoms with Crippen molar-refractivity contribution in [2.45, 2.75) is 25.4 Å². The molecule has 0 radical (unpaired) electrons. The number of aromatic nitrogens is 5. The maximum Gasteiger partial charge on any atom is 0.296 e. The van der Waals surface area contributed by atoms with E-state index in [1.807, 2.05) is 13.0 Å². The molecular formula is C29H26F2N8O3. The lowest BCUT2D eigenvalue weighted by Gasteiger charge is -2.36. The second-order valence-corrected chi connectivity index (χ2v) is 10.1. The fourth-order valence-electron chi connectivity index (χ4n) is 4.98. The first kappa shape index (κ1) is 27.1. The molecule has 2 aromatic carbocycles. The molecule has 1 aliphatic rings. The average molecular weight is 573 g/mol. The first-order chi connectivity index (χ1) is 20.3. The molecule has 0 bridgehead atoms. The quantitative estimate of drug-likeness (QED) is 0.281. The molecule has 1 atom stereocenters. The smallest absolute Gasteiger partial charge is 0.296 e. The fourth-order valence-corrected chi connectivity index (χ4v) is 4.98. The van der Waals surface area contributed by atoms with Crippen LogP contribution in [0.5, 0.6) is 23.0 Å². The van der Waals surface area contributed by atoms with Gasteiger partial charge in [0.25, 0.3) is 11.7 Å². The standard InChI is InChI=1S/C29H26F2N8O3/c1-17-10-19(4-6-22(17)41-20-13-34-28-37-35-16-39(28)14-20)36-26-18(11-32)12-33-21-5-7-23(40-3)27(25(21)26)42-24-8-9-38(2)15-29(24,30)31/h4-7,10,12-14,16,24H,8-9,15H2,1-3H3,(H,33,36)/t24-/m1/s1. The molecule has 42 heavy (non-hydrogen) atoms. The van der Waals surface area contributed by atoms with Crippen molar-refractivity contribution < 1.29 is 23.0 Å². The van der Waals surface area contributed by atoms with Crippen LogP contribution in [0, 0.1) is 18.3 Å². The Kier molecular flexibility index (Phi) is 6.91. The number of hydrogen-bond donors (Lipinski definition) is 1. The van der Waals surface area contributed by atoms with Gasteiger partial charge >= 0.3 is 0 Å². The van der Waals surface area contributed by atoms with E-state index in [1.54, 1.807) is 53.0 Å². The molecule has 1 saturated heterocycles. The number of hydrogen-bond acceptors (Lipinski definition) is 10. The predicted molar refractivity (Wildman–Crippen MR) is 150 cm³/mol. The Morgan fingerprint density at radius 2 is 1.98 bits per heavy atom. The summed E-state index contributed by atoms with van der Waals surface area (Å²) in [6.45, 7) is 1.91. The van der Waals surface area contributed by atoms with E-state index in [2.05, 4.69) is 31.6 Å². The summed E-state index contributed by atoms with van der Waals surface area (Å²) < 4.78 is 49.3. The minimum absolute atomic E-state index is 0.102. The first-order valence-electron chi connectivity index (χ1n) is 13.1. The molecule has 3 aromatic heterocycles. The number of anilines is 2. The van der Waals surface area contributed by atoms with Gasteiger partial charge in [0.05, 0.1) is 48.2 Å². The number of halogens is 2. The zero-order valence-electron chi connectivity index (χ0n) is 23.0. The Labute approximate surface area is 239 Å². The maximum atomic E-state index is 15.0. The van der Waals surface area contributed by atoms with Gasteiger partial charge in [-0.2, -0.15) is 5.26 Å². The molecule has 0 amide bonds. The van der Waals surface area contributed by atoms with Gasteiger partial charge in [0, 0.05) is 24.8 Å². The van der Waals surface area contributed by atoms with Crippen LogP contribution in [0.25, 0.3) is 16.7 Å². The molecule has 6 rings (SSSR count). The van der Waals surface area contributed by atoms with E-state index in [4.69, 9.17) is 14.2 Å². The normalized spacial score (nSPS) is 16.7. The molecule has 11 nitrogen and oxygen atoms in total. The molecule has 0 unspecified atom stereocenters. The molecule has 13 heteroatoms. The van der Waals surface area contributed by atoms with Crippen LogP contribution < -0.4 is 19.5 Å². The van der Waals surface area contributed by atoms with Gasteiger partial charge in [-0.15, -0.1) is 10.2 Å². The summed E-state index contributed by atoms with van der Waals surface area (Å²) in [4.78, 5) is 10.2. The second-order valence-electron chi connectivity index (χ2n) is 10.1. The molecule has 1 fully saturated rings. The number of pyridine rings is 1. The summed E-state index contributed by atoms with van der Waals surface area (Å²) in [6.07, 6.45) is 4.99. The average Bonchev–Trinajstić information content (AvgIpc) is 3.44. The number of piperidine rings is 1. The van der Waals surface area contributed by atoms with Gasteiger partial charge in [-0.05, 0) is 49.9 Å². The number of aryl methyl sites for hydroxylation is 1. The summed E-state index contributed by atoms with van der Waals surface area (Å²) in [5.74, 6) is -1.19. The highest BCUT2D eigenvalue weighted by Crippen LogP contribution is 2.44. The van der Waals surface area contributed by atoms with Crippen LogP contribution in [0.1, 0.15) is 17.5 Å². The largest absolute Gasteiger partial charge is 0.493 e. The van der Waals surface area contributed by atoms with Crippen LogP contribution >= 0.6 is 0 Å². The van der Waals surface area contributed by atoms with Crippen molar-refractivity contribution in [2.24, 2.45) is 0 Å². The SMILES string of the molecule is COc1ccc2ncc(C#N)c(Nc3ccc(Oc4cnc5nncn5c4)c(C)c3)c2c1O[C@@H]1CCN(C)CC1(F)F. The summed E-state index contributed by atoms with van der Waals surface area (Å²) in [7, 11) is 3.09. The first-order valence-corrected chi connectivity index (χ1v) is 13.1. The van der Waals surface area contributed by atoms with Crippen LogP contribution in [0.15, 0.2) is 55.2 Å². The lowest BCUT2D eigenvalue weighted by atomic mass is 10.0. The minimum atomic E-state index is -3.09. The van der Waals surface area contributed by atoms with E-state index in [0.717, 1.165) is 5.56 Å². The van der Waals surface area contributed by atoms with Crippen LogP contribution in [0.2, 0.25) is 0 Å². The van der Waals surface area contributed by atoms with Crippen LogP contribution in [0.4, 0.5) is 20.2 Å². The molecular weight excluding hydrogens is 546 g/mol. The van der Waals surface area contributed by atoms with E-state index in [0.29, 0.717) is 46.1 Å². The number of nitriles is 1. The highest BCUT2D eigenvalue weighted by atomic mass is 19.3. The number of alkyl halides is 2. The number of nitrogens with one attached hydrogen (secondary N) is 1. The van der Waals surface area contributed by atoms with E-state index < -0.39 is 18.6 Å². The number of likely N-dealkylation sites (tertiary alicyclic amines) is 1. The van der Waals surface area contributed by atoms with Crippen molar-refractivity contribution in [1.82, 2.24) is 29.5 Å². The zero-order chi connectivity index (χ0) is 29.4. The number of ether oxygens (including phenoxy) is 3. The van der Waals surface area contributed by atoms with Crippen LogP contribution in [-0.2, 0) is 0 Å². The Balaban J connectivity index is 1.37. The monoisotopic (exact) mass is 572 g/mol. The highest BCUT2D eigenvalue weighted by molar-refractivity contribution is 6.01. The van der Waals surface area contributed by atoms with Crippen molar-refractivity contribution >= 4 is 28.1 Å². The molecule has 1 aliphatic heterocycles. The van der Waals surface area contributed by atoms with E-state index >= 15 is 8.78 Å². The van der Waals surface area contributed by atoms with Gasteiger partial charge in [0.1, 0.15) is 18.1 Å². The van der Waals surface area contributed by atoms with Gasteiger partial charge in [0.2, 0.25) is 0 Å². The second kappa shape index (κ2) is 10.7. The summed E-state index contributed by atoms with van der Waals surface area (Å²) >= 11 is 0. The third-order valence-corrected chi connectivity index (χ3v) is 7.08. The lowest BCUT2D eigenvalue weighted by molar-refractivity contribution is -0.135. The van der Waals surface area contributed by atoms with E-state index in [1.165, 1.54) is 19.6 Å². The Morgan fingerprint density at radius 1 is 1.14 bits per heavy atom. The topological polar surface area (TPSA) is 123 Å². The molecule has 0 aliphatic carbocycles. The lowest BCUT2D eigenvalue weighted by Crippen LogP contribution is -2.52. The molecule has 5 aromatic rings. The Bertz CT molecular complexity index is 1840. The van der Waals surface area contributed by atoms with Crippen molar-refractivity contribution in [1.29, 1.82) is 5.26 Å². The minimum Gasteiger partial charge on any atom is -0.493 e. The number of benzene rings is 2. The van der Waals surface area contributed by atoms with Crippen molar-refractivity contribution in [3.8, 4) is 29.1 Å². The number of nitrogens with zero attached hydrogens (tertiary/aromatic N) is 7. The van der Waals surface area contributed by atoms with Gasteiger partial charge in [-0.1, -0.05) is 0 Å². The molecule has 4 heterocycles. The van der Waals surface area contributed by atoms with Crippen LogP contribution in [0.3, 0.4) is 0 Å². The summed E-state index contributed by atoms with van der Waals surface area (Å²) in [5.41, 5.74) is 2.46. The summed E-state index contributed by atoms with van der Waals surface area (Å²) in [6, 6.07) is 10.9. The highest BCUT2D eigenvalue weighted by Gasteiger charge is 2.46. The molecule has 1 N–H and O–H groups in total. The Hall–Kier alpha value is -5.09. The third kappa shape index (κ3) is 5.08. The third-order valence-electron chi connectivity index (χ3n) is 7.08. The van der Waals surface area contributed by atoms with Gasteiger partial charge in [0.15, 0.2) is 23.4 Å². The Morgan fingerprint density at radius 3 is 2.74 bits per heavy atom. The predicted octanol–water partition coefficient (Wildman–Crippen LogP) is 5.12. The van der Waals surface area contributed by atoms with Gasteiger partial charge in [-0.3, -0.25) is 9.38 Å². The van der Waals surface area contributed by atoms with Crippen molar-refractivity contribution in [2.75, 3.05) is 32.6 Å². The molecule has 214 valence electrons. The van der Waals surface area contributed by atoms with Crippen LogP contribution in [-0.4, -0.2) is 68.7 Å². The zero-order valence-corrected chi connectivity index (χ0v) is 23.0. The van der Waals surface area contributed by atoms with Gasteiger partial charge < -0.3 is 24.4 Å². The number of fused-ring (bicyclic) bond motifs is 2. The van der Waals surface area contributed by atoms with Gasteiger partial charge in [-0.25, -0.2) is 13.8 Å². The molecule has 0 spiro atoms. The number of rotatable bonds is 7. The van der Waals surface area contributed by atoms with E-state index in [-0.39, 0.29) is 23.5 Å². The molecule has 0 saturated carbocycles. The number of methoxy groups -OCH3 is 1. The maximum absolute atomic E-state index is 15.0. The van der Waals surface area contributed by atoms with Crippen molar-refractivity contribution in [3.63, 3.8) is 0 Å². The van der Waals surface area contributed by atoms with Crippen molar-refractivity contribution in [3.05, 3.63) is 66.4 Å².